The van der Waals surface area contributed by atoms with Crippen LogP contribution >= 0.6 is 15.9 Å². The molecule has 6 heteroatoms. The molecule has 120 valence electrons. The highest BCUT2D eigenvalue weighted by molar-refractivity contribution is 9.10. The molecule has 0 aliphatic rings. The highest BCUT2D eigenvalue weighted by Gasteiger charge is 2.07. The second-order valence-electron chi connectivity index (χ2n) is 4.92. The minimum Gasteiger partial charge on any atom is -0.354 e. The van der Waals surface area contributed by atoms with Crippen molar-refractivity contribution in [2.75, 3.05) is 13.1 Å². The molecule has 2 aromatic rings. The molecule has 0 fully saturated rings. The van der Waals surface area contributed by atoms with E-state index >= 15 is 0 Å². The number of carbonyl (C=O) groups excluding carboxylic acids is 2. The number of benzene rings is 2. The molecule has 0 saturated carbocycles. The Bertz CT molecular complexity index is 689. The maximum absolute atomic E-state index is 13.0. The van der Waals surface area contributed by atoms with E-state index in [-0.39, 0.29) is 24.2 Å². The van der Waals surface area contributed by atoms with Gasteiger partial charge in [0.2, 0.25) is 5.91 Å². The molecule has 0 heterocycles. The molecule has 4 nitrogen and oxygen atoms in total. The molecule has 0 bridgehead atoms. The smallest absolute Gasteiger partial charge is 0.251 e. The molecule has 0 aliphatic heterocycles. The van der Waals surface area contributed by atoms with Gasteiger partial charge in [0.05, 0.1) is 6.54 Å². The lowest BCUT2D eigenvalue weighted by molar-refractivity contribution is -0.120. The largest absolute Gasteiger partial charge is 0.354 e. The molecule has 0 unspecified atom stereocenters. The van der Waals surface area contributed by atoms with Crippen LogP contribution in [0.15, 0.2) is 53.0 Å². The molecule has 0 atom stereocenters. The fourth-order valence-electron chi connectivity index (χ4n) is 1.97. The van der Waals surface area contributed by atoms with Crippen LogP contribution in [0.4, 0.5) is 4.39 Å². The van der Waals surface area contributed by atoms with Crippen molar-refractivity contribution in [2.45, 2.75) is 6.42 Å². The van der Waals surface area contributed by atoms with Gasteiger partial charge in [-0.2, -0.15) is 0 Å². The average molecular weight is 379 g/mol. The number of amides is 2. The summed E-state index contributed by atoms with van der Waals surface area (Å²) in [5, 5.41) is 5.23. The van der Waals surface area contributed by atoms with E-state index < -0.39 is 0 Å². The Hall–Kier alpha value is -2.21. The first-order valence-electron chi connectivity index (χ1n) is 7.09. The maximum Gasteiger partial charge on any atom is 0.251 e. The summed E-state index contributed by atoms with van der Waals surface area (Å²) in [4.78, 5) is 23.5. The van der Waals surface area contributed by atoms with Gasteiger partial charge >= 0.3 is 0 Å². The van der Waals surface area contributed by atoms with Gasteiger partial charge < -0.3 is 10.6 Å². The van der Waals surface area contributed by atoms with Crippen molar-refractivity contribution in [1.82, 2.24) is 10.6 Å². The number of carbonyl (C=O) groups is 2. The van der Waals surface area contributed by atoms with Crippen LogP contribution < -0.4 is 10.6 Å². The van der Waals surface area contributed by atoms with Gasteiger partial charge in [0.25, 0.3) is 5.91 Å². The zero-order chi connectivity index (χ0) is 16.7. The Balaban J connectivity index is 1.70. The maximum atomic E-state index is 13.0. The van der Waals surface area contributed by atoms with Gasteiger partial charge in [-0.25, -0.2) is 4.39 Å². The second kappa shape index (κ2) is 8.43. The second-order valence-corrected chi connectivity index (χ2v) is 5.84. The molecule has 2 rings (SSSR count). The van der Waals surface area contributed by atoms with Crippen molar-refractivity contribution < 1.29 is 14.0 Å². The van der Waals surface area contributed by atoms with E-state index in [0.717, 1.165) is 10.0 Å². The number of hydrogen-bond acceptors (Lipinski definition) is 2. The summed E-state index contributed by atoms with van der Waals surface area (Å²) < 4.78 is 13.9. The summed E-state index contributed by atoms with van der Waals surface area (Å²) in [6.45, 7) is 0.286. The van der Waals surface area contributed by atoms with Gasteiger partial charge in [-0.1, -0.05) is 28.1 Å². The predicted molar refractivity (Wildman–Crippen MR) is 89.6 cm³/mol. The Morgan fingerprint density at radius 2 is 1.78 bits per heavy atom. The quantitative estimate of drug-likeness (QED) is 0.811. The topological polar surface area (TPSA) is 58.2 Å². The SMILES string of the molecule is O=C(CNC(=O)c1ccc(Br)cc1)NCCc1cccc(F)c1. The van der Waals surface area contributed by atoms with Gasteiger partial charge in [0, 0.05) is 16.6 Å². The molecular formula is C17H16BrFN2O2. The van der Waals surface area contributed by atoms with Crippen molar-refractivity contribution >= 4 is 27.7 Å². The lowest BCUT2D eigenvalue weighted by atomic mass is 10.1. The molecule has 0 radical (unpaired) electrons. The first-order valence-corrected chi connectivity index (χ1v) is 7.89. The number of nitrogens with one attached hydrogen (secondary N) is 2. The molecule has 0 spiro atoms. The zero-order valence-corrected chi connectivity index (χ0v) is 13.9. The van der Waals surface area contributed by atoms with Crippen molar-refractivity contribution in [2.24, 2.45) is 0 Å². The fourth-order valence-corrected chi connectivity index (χ4v) is 2.23. The minimum absolute atomic E-state index is 0.0992. The van der Waals surface area contributed by atoms with E-state index in [2.05, 4.69) is 26.6 Å². The number of halogens is 2. The molecule has 0 aromatic heterocycles. The standard InChI is InChI=1S/C17H16BrFN2O2/c18-14-6-4-13(5-7-14)17(23)21-11-16(22)20-9-8-12-2-1-3-15(19)10-12/h1-7,10H,8-9,11H2,(H,20,22)(H,21,23). The van der Waals surface area contributed by atoms with Gasteiger partial charge in [-0.15, -0.1) is 0 Å². The highest BCUT2D eigenvalue weighted by Crippen LogP contribution is 2.10. The third-order valence-electron chi connectivity index (χ3n) is 3.14. The van der Waals surface area contributed by atoms with Gasteiger partial charge in [0.15, 0.2) is 0 Å². The Morgan fingerprint density at radius 1 is 1.04 bits per heavy atom. The van der Waals surface area contributed by atoms with Crippen LogP contribution in [-0.2, 0) is 11.2 Å². The van der Waals surface area contributed by atoms with Crippen LogP contribution in [0.2, 0.25) is 0 Å². The van der Waals surface area contributed by atoms with E-state index in [1.165, 1.54) is 12.1 Å². The normalized spacial score (nSPS) is 10.2. The molecule has 0 saturated heterocycles. The molecule has 2 aromatic carbocycles. The zero-order valence-electron chi connectivity index (χ0n) is 12.3. The van der Waals surface area contributed by atoms with E-state index in [1.54, 1.807) is 36.4 Å². The predicted octanol–water partition coefficient (Wildman–Crippen LogP) is 2.68. The summed E-state index contributed by atoms with van der Waals surface area (Å²) in [6, 6.07) is 13.1. The molecular weight excluding hydrogens is 363 g/mol. The van der Waals surface area contributed by atoms with Crippen LogP contribution in [0.3, 0.4) is 0 Å². The van der Waals surface area contributed by atoms with E-state index in [0.29, 0.717) is 18.5 Å². The summed E-state index contributed by atoms with van der Waals surface area (Å²) in [7, 11) is 0. The molecule has 0 aliphatic carbocycles. The summed E-state index contributed by atoms with van der Waals surface area (Å²) in [6.07, 6.45) is 0.532. The summed E-state index contributed by atoms with van der Waals surface area (Å²) in [5.41, 5.74) is 1.30. The summed E-state index contributed by atoms with van der Waals surface area (Å²) in [5.74, 6) is -0.889. The van der Waals surface area contributed by atoms with Gasteiger partial charge in [-0.3, -0.25) is 9.59 Å². The highest BCUT2D eigenvalue weighted by atomic mass is 79.9. The van der Waals surface area contributed by atoms with Crippen LogP contribution in [0.5, 0.6) is 0 Å². The first-order chi connectivity index (χ1) is 11.0. The lowest BCUT2D eigenvalue weighted by Gasteiger charge is -2.07. The van der Waals surface area contributed by atoms with Crippen LogP contribution in [0.25, 0.3) is 0 Å². The Labute approximate surface area is 142 Å². The van der Waals surface area contributed by atoms with Crippen molar-refractivity contribution in [3.8, 4) is 0 Å². The van der Waals surface area contributed by atoms with Crippen LogP contribution in [-0.4, -0.2) is 24.9 Å². The van der Waals surface area contributed by atoms with Crippen molar-refractivity contribution in [1.29, 1.82) is 0 Å². The average Bonchev–Trinajstić information content (AvgIpc) is 2.53. The van der Waals surface area contributed by atoms with Crippen molar-refractivity contribution in [3.05, 3.63) is 69.9 Å². The van der Waals surface area contributed by atoms with Crippen LogP contribution in [0, 0.1) is 5.82 Å². The van der Waals surface area contributed by atoms with E-state index in [4.69, 9.17) is 0 Å². The first kappa shape index (κ1) is 17.1. The Morgan fingerprint density at radius 3 is 2.48 bits per heavy atom. The number of rotatable bonds is 6. The Kier molecular flexibility index (Phi) is 6.29. The minimum atomic E-state index is -0.308. The molecule has 23 heavy (non-hydrogen) atoms. The third kappa shape index (κ3) is 5.83. The number of hydrogen-bond donors (Lipinski definition) is 2. The molecule has 2 amide bonds. The summed E-state index contributed by atoms with van der Waals surface area (Å²) >= 11 is 3.29. The van der Waals surface area contributed by atoms with Gasteiger partial charge in [-0.05, 0) is 48.4 Å². The monoisotopic (exact) mass is 378 g/mol. The van der Waals surface area contributed by atoms with Gasteiger partial charge in [0.1, 0.15) is 5.82 Å². The molecule has 2 N–H and O–H groups in total. The third-order valence-corrected chi connectivity index (χ3v) is 3.67. The van der Waals surface area contributed by atoms with E-state index in [1.807, 2.05) is 0 Å². The van der Waals surface area contributed by atoms with Crippen molar-refractivity contribution in [3.63, 3.8) is 0 Å². The van der Waals surface area contributed by atoms with E-state index in [9.17, 15) is 14.0 Å². The lowest BCUT2D eigenvalue weighted by Crippen LogP contribution is -2.37. The van der Waals surface area contributed by atoms with Crippen LogP contribution in [0.1, 0.15) is 15.9 Å². The fraction of sp³-hybridized carbons (Fsp3) is 0.176.